The summed E-state index contributed by atoms with van der Waals surface area (Å²) in [4.78, 5) is 12.1. The highest BCUT2D eigenvalue weighted by Crippen LogP contribution is 2.17. The second-order valence-electron chi connectivity index (χ2n) is 2.61. The molecule has 0 saturated carbocycles. The zero-order valence-corrected chi connectivity index (χ0v) is 8.92. The van der Waals surface area contributed by atoms with E-state index in [0.717, 1.165) is 0 Å². The number of likely N-dealkylation sites (tertiary alicyclic amines) is 1. The lowest BCUT2D eigenvalue weighted by molar-refractivity contribution is 0.197. The van der Waals surface area contributed by atoms with Crippen LogP contribution in [0.1, 0.15) is 0 Å². The summed E-state index contributed by atoms with van der Waals surface area (Å²) in [5.41, 5.74) is 0. The number of halogens is 1. The first kappa shape index (κ1) is 9.24. The van der Waals surface area contributed by atoms with Gasteiger partial charge in [0.15, 0.2) is 9.84 Å². The van der Waals surface area contributed by atoms with Crippen molar-refractivity contribution in [2.45, 2.75) is 5.25 Å². The van der Waals surface area contributed by atoms with Gasteiger partial charge in [-0.3, -0.25) is 4.79 Å². The van der Waals surface area contributed by atoms with Crippen LogP contribution in [-0.4, -0.2) is 41.8 Å². The lowest BCUT2D eigenvalue weighted by atomic mass is 10.2. The van der Waals surface area contributed by atoms with E-state index in [9.17, 15) is 13.2 Å². The van der Waals surface area contributed by atoms with Gasteiger partial charge in [-0.2, -0.15) is 0 Å². The number of hydrogen-bond acceptors (Lipinski definition) is 3. The summed E-state index contributed by atoms with van der Waals surface area (Å²) >= 11 is 1.65. The first-order chi connectivity index (χ1) is 4.91. The van der Waals surface area contributed by atoms with Gasteiger partial charge >= 0.3 is 0 Å². The third-order valence-corrected chi connectivity index (χ3v) is 3.89. The van der Waals surface area contributed by atoms with Crippen LogP contribution in [0.4, 0.5) is 4.79 Å². The van der Waals surface area contributed by atoms with E-state index in [1.165, 1.54) is 11.2 Å². The highest BCUT2D eigenvalue weighted by Gasteiger charge is 2.36. The smallest absolute Gasteiger partial charge is 0.283 e. The Hall–Kier alpha value is 0.150. The molecule has 0 aromatic rings. The average Bonchev–Trinajstić information content (AvgIpc) is 1.51. The van der Waals surface area contributed by atoms with Crippen LogP contribution in [0.25, 0.3) is 0 Å². The first-order valence-electron chi connectivity index (χ1n) is 3.04. The molecule has 6 heteroatoms. The Morgan fingerprint density at radius 3 is 2.27 bits per heavy atom. The highest BCUT2D eigenvalue weighted by atomic mass is 127. The normalized spacial score (nSPS) is 19.6. The van der Waals surface area contributed by atoms with Crippen LogP contribution in [0.2, 0.25) is 0 Å². The van der Waals surface area contributed by atoms with E-state index in [2.05, 4.69) is 0 Å². The predicted octanol–water partition coefficient (Wildman–Crippen LogP) is 0.270. The van der Waals surface area contributed by atoms with Gasteiger partial charge in [-0.05, 0) is 0 Å². The molecule has 64 valence electrons. The summed E-state index contributed by atoms with van der Waals surface area (Å²) in [5.74, 6) is 0. The maximum atomic E-state index is 10.8. The Morgan fingerprint density at radius 1 is 1.55 bits per heavy atom. The van der Waals surface area contributed by atoms with Crippen LogP contribution in [-0.2, 0) is 9.84 Å². The topological polar surface area (TPSA) is 54.5 Å². The van der Waals surface area contributed by atoms with E-state index in [1.807, 2.05) is 0 Å². The molecular formula is C5H8INO3S. The summed E-state index contributed by atoms with van der Waals surface area (Å²) < 4.78 is 21.6. The maximum absolute atomic E-state index is 10.8. The van der Waals surface area contributed by atoms with Crippen molar-refractivity contribution in [3.63, 3.8) is 0 Å². The molecule has 0 radical (unpaired) electrons. The first-order valence-corrected chi connectivity index (χ1v) is 6.08. The predicted molar refractivity (Wildman–Crippen MR) is 49.6 cm³/mol. The number of carbonyl (C=O) groups excluding carboxylic acids is 1. The molecule has 1 aliphatic heterocycles. The van der Waals surface area contributed by atoms with E-state index in [4.69, 9.17) is 0 Å². The van der Waals surface area contributed by atoms with Crippen LogP contribution in [0.5, 0.6) is 0 Å². The second-order valence-corrected chi connectivity index (χ2v) is 5.86. The van der Waals surface area contributed by atoms with Crippen LogP contribution >= 0.6 is 22.6 Å². The number of amides is 1. The van der Waals surface area contributed by atoms with Gasteiger partial charge in [-0.1, -0.05) is 0 Å². The Labute approximate surface area is 79.0 Å². The lowest BCUT2D eigenvalue weighted by Crippen LogP contribution is -2.54. The van der Waals surface area contributed by atoms with Crippen molar-refractivity contribution >= 4 is 36.3 Å². The molecule has 0 bridgehead atoms. The SMILES string of the molecule is CS(=O)(=O)C1CN(C(=O)I)C1. The minimum atomic E-state index is -2.93. The zero-order chi connectivity index (χ0) is 8.65. The van der Waals surface area contributed by atoms with Crippen molar-refractivity contribution < 1.29 is 13.2 Å². The highest BCUT2D eigenvalue weighted by molar-refractivity contribution is 14.1. The number of nitrogens with zero attached hydrogens (tertiary/aromatic N) is 1. The Balaban J connectivity index is 2.48. The van der Waals surface area contributed by atoms with Crippen molar-refractivity contribution in [2.75, 3.05) is 19.3 Å². The van der Waals surface area contributed by atoms with Crippen molar-refractivity contribution in [3.05, 3.63) is 0 Å². The zero-order valence-electron chi connectivity index (χ0n) is 5.95. The molecule has 1 amide bonds. The third kappa shape index (κ3) is 2.05. The number of hydrogen-bond donors (Lipinski definition) is 0. The maximum Gasteiger partial charge on any atom is 0.283 e. The molecule has 1 saturated heterocycles. The molecule has 0 N–H and O–H groups in total. The van der Waals surface area contributed by atoms with Crippen LogP contribution in [0.3, 0.4) is 0 Å². The van der Waals surface area contributed by atoms with Gasteiger partial charge in [-0.15, -0.1) is 0 Å². The quantitative estimate of drug-likeness (QED) is 0.395. The molecule has 0 aromatic carbocycles. The fourth-order valence-electron chi connectivity index (χ4n) is 0.852. The molecule has 1 fully saturated rings. The van der Waals surface area contributed by atoms with Gasteiger partial charge in [0, 0.05) is 41.9 Å². The second kappa shape index (κ2) is 2.89. The minimum absolute atomic E-state index is 0.0810. The largest absolute Gasteiger partial charge is 0.331 e. The van der Waals surface area contributed by atoms with E-state index in [1.54, 1.807) is 22.6 Å². The van der Waals surface area contributed by atoms with Crippen LogP contribution in [0, 0.1) is 0 Å². The van der Waals surface area contributed by atoms with Crippen molar-refractivity contribution in [1.29, 1.82) is 0 Å². The van der Waals surface area contributed by atoms with Gasteiger partial charge in [0.2, 0.25) is 0 Å². The molecule has 0 aromatic heterocycles. The van der Waals surface area contributed by atoms with Gasteiger partial charge in [0.25, 0.3) is 3.91 Å². The Morgan fingerprint density at radius 2 is 2.00 bits per heavy atom. The van der Waals surface area contributed by atoms with Gasteiger partial charge in [0.1, 0.15) is 0 Å². The summed E-state index contributed by atoms with van der Waals surface area (Å²) in [6.07, 6.45) is 1.20. The van der Waals surface area contributed by atoms with Crippen molar-refractivity contribution in [3.8, 4) is 0 Å². The average molecular weight is 289 g/mol. The number of carbonyl (C=O) groups is 1. The van der Waals surface area contributed by atoms with Gasteiger partial charge < -0.3 is 4.90 Å². The minimum Gasteiger partial charge on any atom is -0.331 e. The monoisotopic (exact) mass is 289 g/mol. The molecule has 0 aliphatic carbocycles. The molecule has 1 aliphatic rings. The molecule has 11 heavy (non-hydrogen) atoms. The standard InChI is InChI=1S/C5H8INO3S/c1-11(9,10)4-2-7(3-4)5(6)8/h4H,2-3H2,1H3. The molecule has 1 rings (SSSR count). The summed E-state index contributed by atoms with van der Waals surface area (Å²) in [6, 6.07) is 0. The Bertz CT molecular complexity index is 267. The molecule has 4 nitrogen and oxygen atoms in total. The van der Waals surface area contributed by atoms with Gasteiger partial charge in [-0.25, -0.2) is 8.42 Å². The summed E-state index contributed by atoms with van der Waals surface area (Å²) in [6.45, 7) is 0.723. The number of sulfone groups is 1. The lowest BCUT2D eigenvalue weighted by Gasteiger charge is -2.36. The van der Waals surface area contributed by atoms with Crippen LogP contribution in [0.15, 0.2) is 0 Å². The Kier molecular flexibility index (Phi) is 2.43. The fourth-order valence-corrected chi connectivity index (χ4v) is 2.15. The van der Waals surface area contributed by atoms with E-state index in [0.29, 0.717) is 13.1 Å². The van der Waals surface area contributed by atoms with Gasteiger partial charge in [0.05, 0.1) is 5.25 Å². The molecule has 0 unspecified atom stereocenters. The number of rotatable bonds is 1. The summed E-state index contributed by atoms with van der Waals surface area (Å²) in [5, 5.41) is -0.332. The summed E-state index contributed by atoms with van der Waals surface area (Å²) in [7, 11) is -2.93. The van der Waals surface area contributed by atoms with Crippen molar-refractivity contribution in [2.24, 2.45) is 0 Å². The fraction of sp³-hybridized carbons (Fsp3) is 0.800. The molecule has 0 atom stereocenters. The van der Waals surface area contributed by atoms with E-state index >= 15 is 0 Å². The van der Waals surface area contributed by atoms with E-state index < -0.39 is 9.84 Å². The molecule has 0 spiro atoms. The molecular weight excluding hydrogens is 281 g/mol. The van der Waals surface area contributed by atoms with Crippen molar-refractivity contribution in [1.82, 2.24) is 4.90 Å². The van der Waals surface area contributed by atoms with Crippen LogP contribution < -0.4 is 0 Å². The third-order valence-electron chi connectivity index (χ3n) is 1.70. The molecule has 1 heterocycles. The van der Waals surface area contributed by atoms with E-state index in [-0.39, 0.29) is 9.16 Å².